The maximum absolute atomic E-state index is 4.67. The Labute approximate surface area is 104 Å². The predicted molar refractivity (Wildman–Crippen MR) is 75.0 cm³/mol. The summed E-state index contributed by atoms with van der Waals surface area (Å²) in [5, 5.41) is 3.64. The van der Waals surface area contributed by atoms with E-state index in [4.69, 9.17) is 0 Å². The fourth-order valence-corrected chi connectivity index (χ4v) is 2.49. The van der Waals surface area contributed by atoms with Gasteiger partial charge in [0, 0.05) is 11.7 Å². The van der Waals surface area contributed by atoms with E-state index in [-0.39, 0.29) is 0 Å². The fraction of sp³-hybridized carbons (Fsp3) is 0.533. The van der Waals surface area contributed by atoms with Crippen molar-refractivity contribution in [3.8, 4) is 0 Å². The lowest BCUT2D eigenvalue weighted by Gasteiger charge is -2.31. The first-order chi connectivity index (χ1) is 8.35. The zero-order chi connectivity index (χ0) is 12.1. The average molecular weight is 230 g/mol. The summed E-state index contributed by atoms with van der Waals surface area (Å²) in [5.41, 5.74) is 2.74. The quantitative estimate of drug-likeness (QED) is 0.784. The van der Waals surface area contributed by atoms with Crippen LogP contribution in [-0.4, -0.2) is 18.3 Å². The van der Waals surface area contributed by atoms with E-state index in [9.17, 15) is 0 Å². The first kappa shape index (κ1) is 12.2. The van der Waals surface area contributed by atoms with Crippen molar-refractivity contribution in [2.45, 2.75) is 51.6 Å². The number of rotatable bonds is 4. The van der Waals surface area contributed by atoms with E-state index in [1.54, 1.807) is 0 Å². The maximum atomic E-state index is 4.67. The molecule has 0 aromatic heterocycles. The van der Waals surface area contributed by atoms with Crippen LogP contribution in [0.15, 0.2) is 29.3 Å². The molecule has 2 unspecified atom stereocenters. The summed E-state index contributed by atoms with van der Waals surface area (Å²) < 4.78 is 0. The van der Waals surface area contributed by atoms with Crippen molar-refractivity contribution in [2.24, 2.45) is 4.99 Å². The lowest BCUT2D eigenvalue weighted by atomic mass is 9.93. The molecule has 2 nitrogen and oxygen atoms in total. The SMILES string of the molecule is CCC=NC(CC)C1CCc2ccccc2N1. The Balaban J connectivity index is 2.08. The van der Waals surface area contributed by atoms with Gasteiger partial charge in [0.2, 0.25) is 0 Å². The second-order valence-corrected chi connectivity index (χ2v) is 4.66. The molecule has 2 rings (SSSR count). The molecule has 1 aliphatic rings. The molecule has 0 amide bonds. The first-order valence-corrected chi connectivity index (χ1v) is 6.71. The third-order valence-corrected chi connectivity index (χ3v) is 3.45. The van der Waals surface area contributed by atoms with Gasteiger partial charge in [-0.1, -0.05) is 32.0 Å². The standard InChI is InChI=1S/C15H22N2/c1-3-11-16-13(4-2)15-10-9-12-7-5-6-8-14(12)17-15/h5-8,11,13,15,17H,3-4,9-10H2,1-2H3. The van der Waals surface area contributed by atoms with Gasteiger partial charge >= 0.3 is 0 Å². The number of aryl methyl sites for hydroxylation is 1. The average Bonchev–Trinajstić information content (AvgIpc) is 2.39. The van der Waals surface area contributed by atoms with Gasteiger partial charge in [0.1, 0.15) is 0 Å². The monoisotopic (exact) mass is 230 g/mol. The number of nitrogens with one attached hydrogen (secondary N) is 1. The lowest BCUT2D eigenvalue weighted by molar-refractivity contribution is 0.504. The van der Waals surface area contributed by atoms with E-state index in [1.165, 1.54) is 24.1 Å². The molecular formula is C15H22N2. The Morgan fingerprint density at radius 3 is 3.00 bits per heavy atom. The minimum absolute atomic E-state index is 0.420. The van der Waals surface area contributed by atoms with Crippen LogP contribution in [0.3, 0.4) is 0 Å². The van der Waals surface area contributed by atoms with Gasteiger partial charge in [-0.25, -0.2) is 0 Å². The number of anilines is 1. The highest BCUT2D eigenvalue weighted by molar-refractivity contribution is 5.58. The highest BCUT2D eigenvalue weighted by atomic mass is 15.0. The summed E-state index contributed by atoms with van der Waals surface area (Å²) in [6.45, 7) is 4.36. The van der Waals surface area contributed by atoms with Crippen molar-refractivity contribution < 1.29 is 0 Å². The Morgan fingerprint density at radius 1 is 1.41 bits per heavy atom. The topological polar surface area (TPSA) is 24.4 Å². The second kappa shape index (κ2) is 5.85. The molecule has 0 spiro atoms. The van der Waals surface area contributed by atoms with Gasteiger partial charge < -0.3 is 5.32 Å². The van der Waals surface area contributed by atoms with Crippen molar-refractivity contribution in [3.05, 3.63) is 29.8 Å². The largest absolute Gasteiger partial charge is 0.380 e. The zero-order valence-corrected chi connectivity index (χ0v) is 10.8. The first-order valence-electron chi connectivity index (χ1n) is 6.71. The van der Waals surface area contributed by atoms with Crippen molar-refractivity contribution in [2.75, 3.05) is 5.32 Å². The zero-order valence-electron chi connectivity index (χ0n) is 10.8. The molecule has 17 heavy (non-hydrogen) atoms. The number of hydrogen-bond donors (Lipinski definition) is 1. The molecular weight excluding hydrogens is 208 g/mol. The van der Waals surface area contributed by atoms with Crippen LogP contribution in [0.25, 0.3) is 0 Å². The summed E-state index contributed by atoms with van der Waals surface area (Å²) in [5.74, 6) is 0. The van der Waals surface area contributed by atoms with Crippen molar-refractivity contribution in [1.29, 1.82) is 0 Å². The van der Waals surface area contributed by atoms with Gasteiger partial charge in [-0.3, -0.25) is 4.99 Å². The molecule has 1 heterocycles. The van der Waals surface area contributed by atoms with Gasteiger partial charge in [-0.05, 0) is 43.5 Å². The van der Waals surface area contributed by atoms with Crippen LogP contribution in [0.4, 0.5) is 5.69 Å². The van der Waals surface area contributed by atoms with E-state index in [0.29, 0.717) is 12.1 Å². The Bertz CT molecular complexity index is 384. The number of fused-ring (bicyclic) bond motifs is 1. The second-order valence-electron chi connectivity index (χ2n) is 4.66. The molecule has 0 radical (unpaired) electrons. The number of aliphatic imine (C=N–C) groups is 1. The Morgan fingerprint density at radius 2 is 2.24 bits per heavy atom. The normalized spacial score (nSPS) is 20.9. The van der Waals surface area contributed by atoms with Gasteiger partial charge in [0.15, 0.2) is 0 Å². The summed E-state index contributed by atoms with van der Waals surface area (Å²) in [6, 6.07) is 9.53. The third kappa shape index (κ3) is 2.87. The van der Waals surface area contributed by atoms with Crippen molar-refractivity contribution >= 4 is 11.9 Å². The summed E-state index contributed by atoms with van der Waals surface area (Å²) in [7, 11) is 0. The summed E-state index contributed by atoms with van der Waals surface area (Å²) in [6.07, 6.45) is 6.55. The van der Waals surface area contributed by atoms with Crippen molar-refractivity contribution in [3.63, 3.8) is 0 Å². The van der Waals surface area contributed by atoms with Crippen LogP contribution in [-0.2, 0) is 6.42 Å². The van der Waals surface area contributed by atoms with Crippen LogP contribution >= 0.6 is 0 Å². The maximum Gasteiger partial charge on any atom is 0.0694 e. The van der Waals surface area contributed by atoms with Gasteiger partial charge in [0.05, 0.1) is 6.04 Å². The fourth-order valence-electron chi connectivity index (χ4n) is 2.49. The Hall–Kier alpha value is -1.31. The van der Waals surface area contributed by atoms with E-state index in [1.807, 2.05) is 0 Å². The molecule has 2 heteroatoms. The van der Waals surface area contributed by atoms with Crippen LogP contribution in [0.1, 0.15) is 38.7 Å². The molecule has 1 aromatic rings. The highest BCUT2D eigenvalue weighted by Crippen LogP contribution is 2.27. The molecule has 92 valence electrons. The van der Waals surface area contributed by atoms with E-state index >= 15 is 0 Å². The molecule has 1 aromatic carbocycles. The van der Waals surface area contributed by atoms with E-state index in [0.717, 1.165) is 12.8 Å². The van der Waals surface area contributed by atoms with Gasteiger partial charge in [0.25, 0.3) is 0 Å². The number of benzene rings is 1. The molecule has 0 aliphatic carbocycles. The van der Waals surface area contributed by atoms with Crippen LogP contribution < -0.4 is 5.32 Å². The van der Waals surface area contributed by atoms with Gasteiger partial charge in [-0.2, -0.15) is 0 Å². The molecule has 0 saturated heterocycles. The minimum atomic E-state index is 0.420. The Kier molecular flexibility index (Phi) is 4.18. The molecule has 0 bridgehead atoms. The van der Waals surface area contributed by atoms with E-state index < -0.39 is 0 Å². The highest BCUT2D eigenvalue weighted by Gasteiger charge is 2.23. The van der Waals surface area contributed by atoms with Crippen LogP contribution in [0.2, 0.25) is 0 Å². The predicted octanol–water partition coefficient (Wildman–Crippen LogP) is 3.67. The number of nitrogens with zero attached hydrogens (tertiary/aromatic N) is 1. The number of para-hydroxylation sites is 1. The van der Waals surface area contributed by atoms with E-state index in [2.05, 4.69) is 54.6 Å². The molecule has 2 atom stereocenters. The molecule has 1 aliphatic heterocycles. The minimum Gasteiger partial charge on any atom is -0.380 e. The molecule has 1 N–H and O–H groups in total. The summed E-state index contributed by atoms with van der Waals surface area (Å²) in [4.78, 5) is 4.67. The van der Waals surface area contributed by atoms with Gasteiger partial charge in [-0.15, -0.1) is 0 Å². The smallest absolute Gasteiger partial charge is 0.0694 e. The number of hydrogen-bond acceptors (Lipinski definition) is 2. The molecule has 0 fully saturated rings. The van der Waals surface area contributed by atoms with Crippen molar-refractivity contribution in [1.82, 2.24) is 0 Å². The third-order valence-electron chi connectivity index (χ3n) is 3.45. The molecule has 0 saturated carbocycles. The van der Waals surface area contributed by atoms with Crippen LogP contribution in [0, 0.1) is 0 Å². The lowest BCUT2D eigenvalue weighted by Crippen LogP contribution is -2.35. The van der Waals surface area contributed by atoms with Crippen LogP contribution in [0.5, 0.6) is 0 Å². The summed E-state index contributed by atoms with van der Waals surface area (Å²) >= 11 is 0.